The largest absolute Gasteiger partial charge is 0.507 e. The Morgan fingerprint density at radius 1 is 1.18 bits per heavy atom. The van der Waals surface area contributed by atoms with Gasteiger partial charge >= 0.3 is 0 Å². The van der Waals surface area contributed by atoms with Crippen LogP contribution in [0.5, 0.6) is 5.75 Å². The third kappa shape index (κ3) is 1.05. The molecule has 0 aliphatic carbocycles. The number of fused-ring (bicyclic) bond motifs is 1. The van der Waals surface area contributed by atoms with Crippen LogP contribution < -0.4 is 0 Å². The molecule has 0 saturated heterocycles. The van der Waals surface area contributed by atoms with Gasteiger partial charge in [0, 0.05) is 6.07 Å². The summed E-state index contributed by atoms with van der Waals surface area (Å²) in [6, 6.07) is 14.7. The van der Waals surface area contributed by atoms with E-state index in [4.69, 9.17) is 5.11 Å². The molecule has 0 unspecified atom stereocenters. The van der Waals surface area contributed by atoms with Gasteiger partial charge < -0.3 is 5.11 Å². The highest BCUT2D eigenvalue weighted by Gasteiger charge is 1.91. The van der Waals surface area contributed by atoms with Crippen LogP contribution in [-0.4, -0.2) is 5.11 Å². The SMILES string of the molecule is Oc1[c]cc2c[c]ccc2c1. The van der Waals surface area contributed by atoms with Crippen molar-refractivity contribution in [1.82, 2.24) is 0 Å². The first-order chi connectivity index (χ1) is 5.36. The van der Waals surface area contributed by atoms with Gasteiger partial charge in [-0.1, -0.05) is 12.1 Å². The van der Waals surface area contributed by atoms with Gasteiger partial charge in [0.2, 0.25) is 0 Å². The average Bonchev–Trinajstić information content (AvgIpc) is 2.04. The van der Waals surface area contributed by atoms with Gasteiger partial charge in [0.1, 0.15) is 5.75 Å². The van der Waals surface area contributed by atoms with Crippen molar-refractivity contribution in [2.75, 3.05) is 0 Å². The summed E-state index contributed by atoms with van der Waals surface area (Å²) in [6.07, 6.45) is 0. The number of benzene rings is 2. The van der Waals surface area contributed by atoms with Gasteiger partial charge in [0.25, 0.3) is 0 Å². The first kappa shape index (κ1) is 6.23. The lowest BCUT2D eigenvalue weighted by atomic mass is 10.1. The second-order valence-electron chi connectivity index (χ2n) is 2.37. The zero-order valence-corrected chi connectivity index (χ0v) is 5.83. The van der Waals surface area contributed by atoms with E-state index in [1.165, 1.54) is 0 Å². The first-order valence-corrected chi connectivity index (χ1v) is 3.37. The molecule has 0 aromatic heterocycles. The smallest absolute Gasteiger partial charge is 0.124 e. The molecule has 0 spiro atoms. The lowest BCUT2D eigenvalue weighted by molar-refractivity contribution is 0.475. The van der Waals surface area contributed by atoms with Gasteiger partial charge in [0.05, 0.1) is 0 Å². The van der Waals surface area contributed by atoms with E-state index >= 15 is 0 Å². The molecule has 11 heavy (non-hydrogen) atoms. The minimum absolute atomic E-state index is 0.184. The minimum atomic E-state index is 0.184. The Labute approximate surface area is 64.9 Å². The molecule has 52 valence electrons. The molecule has 1 N–H and O–H groups in total. The van der Waals surface area contributed by atoms with Crippen LogP contribution in [0.3, 0.4) is 0 Å². The Morgan fingerprint density at radius 2 is 2.09 bits per heavy atom. The van der Waals surface area contributed by atoms with Gasteiger partial charge in [-0.3, -0.25) is 0 Å². The standard InChI is InChI=1S/C10H6O/c11-10-6-5-8-3-1-2-4-9(8)7-10/h2-5,7,11H. The predicted molar refractivity (Wildman–Crippen MR) is 43.3 cm³/mol. The third-order valence-corrected chi connectivity index (χ3v) is 1.60. The highest BCUT2D eigenvalue weighted by atomic mass is 16.3. The number of rotatable bonds is 0. The molecule has 0 bridgehead atoms. The fourth-order valence-electron chi connectivity index (χ4n) is 1.05. The fraction of sp³-hybridized carbons (Fsp3) is 0. The van der Waals surface area contributed by atoms with Crippen molar-refractivity contribution < 1.29 is 5.11 Å². The summed E-state index contributed by atoms with van der Waals surface area (Å²) < 4.78 is 0. The van der Waals surface area contributed by atoms with E-state index in [0.29, 0.717) is 0 Å². The van der Waals surface area contributed by atoms with E-state index in [1.807, 2.05) is 18.2 Å². The maximum Gasteiger partial charge on any atom is 0.124 e. The highest BCUT2D eigenvalue weighted by Crippen LogP contribution is 2.17. The van der Waals surface area contributed by atoms with Crippen LogP contribution >= 0.6 is 0 Å². The highest BCUT2D eigenvalue weighted by molar-refractivity contribution is 5.83. The molecule has 0 atom stereocenters. The van der Waals surface area contributed by atoms with Gasteiger partial charge in [0.15, 0.2) is 0 Å². The number of aromatic hydroxyl groups is 1. The van der Waals surface area contributed by atoms with Crippen LogP contribution in [-0.2, 0) is 0 Å². The van der Waals surface area contributed by atoms with E-state index in [-0.39, 0.29) is 5.75 Å². The molecule has 0 amide bonds. The monoisotopic (exact) mass is 142 g/mol. The molecule has 0 aliphatic heterocycles. The summed E-state index contributed by atoms with van der Waals surface area (Å²) in [6.45, 7) is 0. The molecule has 0 heterocycles. The zero-order chi connectivity index (χ0) is 7.68. The van der Waals surface area contributed by atoms with Crippen LogP contribution in [0.1, 0.15) is 0 Å². The summed E-state index contributed by atoms with van der Waals surface area (Å²) in [4.78, 5) is 0. The third-order valence-electron chi connectivity index (χ3n) is 1.60. The summed E-state index contributed by atoms with van der Waals surface area (Å²) in [5.74, 6) is 0.184. The molecule has 1 heteroatoms. The van der Waals surface area contributed by atoms with Crippen molar-refractivity contribution in [1.29, 1.82) is 0 Å². The van der Waals surface area contributed by atoms with Crippen molar-refractivity contribution in [2.24, 2.45) is 0 Å². The maximum atomic E-state index is 9.06. The lowest BCUT2D eigenvalue weighted by Gasteiger charge is -1.95. The second kappa shape index (κ2) is 2.27. The number of hydrogen-bond acceptors (Lipinski definition) is 1. The summed E-state index contributed by atoms with van der Waals surface area (Å²) in [5.41, 5.74) is 0. The molecular formula is C10H6O. The molecule has 0 fully saturated rings. The van der Waals surface area contributed by atoms with Crippen molar-refractivity contribution >= 4 is 10.8 Å². The lowest BCUT2D eigenvalue weighted by Crippen LogP contribution is -1.70. The Morgan fingerprint density at radius 3 is 3.00 bits per heavy atom. The summed E-state index contributed by atoms with van der Waals surface area (Å²) >= 11 is 0. The Hall–Kier alpha value is -1.50. The van der Waals surface area contributed by atoms with Gasteiger partial charge in [-0.2, -0.15) is 0 Å². The van der Waals surface area contributed by atoms with E-state index in [1.54, 1.807) is 12.1 Å². The average molecular weight is 142 g/mol. The number of phenols is 1. The molecule has 0 saturated carbocycles. The van der Waals surface area contributed by atoms with Crippen LogP contribution in [0.4, 0.5) is 0 Å². The molecule has 0 aliphatic rings. The summed E-state index contributed by atoms with van der Waals surface area (Å²) in [7, 11) is 0. The zero-order valence-electron chi connectivity index (χ0n) is 5.83. The minimum Gasteiger partial charge on any atom is -0.507 e. The van der Waals surface area contributed by atoms with E-state index in [2.05, 4.69) is 12.1 Å². The Bertz CT molecular complexity index is 379. The normalized spacial score (nSPS) is 10.2. The molecule has 2 aromatic carbocycles. The predicted octanol–water partition coefficient (Wildman–Crippen LogP) is 2.15. The van der Waals surface area contributed by atoms with Crippen LogP contribution in [0.25, 0.3) is 10.8 Å². The van der Waals surface area contributed by atoms with Crippen molar-refractivity contribution in [2.45, 2.75) is 0 Å². The number of phenolic OH excluding ortho intramolecular Hbond substituents is 1. The quantitative estimate of drug-likeness (QED) is 0.597. The molecule has 2 radical (unpaired) electrons. The van der Waals surface area contributed by atoms with E-state index < -0.39 is 0 Å². The first-order valence-electron chi connectivity index (χ1n) is 3.37. The second-order valence-corrected chi connectivity index (χ2v) is 2.37. The van der Waals surface area contributed by atoms with Gasteiger partial charge in [-0.25, -0.2) is 0 Å². The molecule has 1 nitrogen and oxygen atoms in total. The fourth-order valence-corrected chi connectivity index (χ4v) is 1.05. The van der Waals surface area contributed by atoms with Gasteiger partial charge in [-0.15, -0.1) is 0 Å². The Balaban J connectivity index is 2.83. The Kier molecular flexibility index (Phi) is 1.29. The summed E-state index contributed by atoms with van der Waals surface area (Å²) in [5, 5.41) is 11.1. The topological polar surface area (TPSA) is 20.2 Å². The van der Waals surface area contributed by atoms with E-state index in [9.17, 15) is 0 Å². The molecule has 2 aromatic rings. The number of hydrogen-bond donors (Lipinski definition) is 1. The molecule has 2 rings (SSSR count). The van der Waals surface area contributed by atoms with Crippen LogP contribution in [0.15, 0.2) is 30.3 Å². The van der Waals surface area contributed by atoms with Crippen molar-refractivity contribution in [3.63, 3.8) is 0 Å². The van der Waals surface area contributed by atoms with Crippen LogP contribution in [0.2, 0.25) is 0 Å². The molecular weight excluding hydrogens is 136 g/mol. The van der Waals surface area contributed by atoms with Crippen molar-refractivity contribution in [3.05, 3.63) is 42.5 Å². The van der Waals surface area contributed by atoms with Crippen molar-refractivity contribution in [3.8, 4) is 5.75 Å². The van der Waals surface area contributed by atoms with Gasteiger partial charge in [-0.05, 0) is 35.0 Å². The maximum absolute atomic E-state index is 9.06. The van der Waals surface area contributed by atoms with Crippen LogP contribution in [0, 0.1) is 12.1 Å². The van der Waals surface area contributed by atoms with E-state index in [0.717, 1.165) is 10.8 Å².